The van der Waals surface area contributed by atoms with Crippen LogP contribution in [0.2, 0.25) is 0 Å². The van der Waals surface area contributed by atoms with Gasteiger partial charge in [0, 0.05) is 39.5 Å². The lowest BCUT2D eigenvalue weighted by Crippen LogP contribution is -1.97. The van der Waals surface area contributed by atoms with Gasteiger partial charge in [0.05, 0.1) is 33.3 Å². The van der Waals surface area contributed by atoms with Crippen molar-refractivity contribution in [2.75, 3.05) is 0 Å². The molecule has 3 heterocycles. The summed E-state index contributed by atoms with van der Waals surface area (Å²) in [5.74, 6) is 0.860. The van der Waals surface area contributed by atoms with E-state index in [-0.39, 0.29) is 5.75 Å². The number of fused-ring (bicyclic) bond motifs is 4. The van der Waals surface area contributed by atoms with Crippen LogP contribution in [0.4, 0.5) is 0 Å². The van der Waals surface area contributed by atoms with Crippen molar-refractivity contribution in [2.24, 2.45) is 0 Å². The smallest absolute Gasteiger partial charge is 0.149 e. The van der Waals surface area contributed by atoms with Gasteiger partial charge in [-0.2, -0.15) is 0 Å². The molecule has 3 aromatic heterocycles. The van der Waals surface area contributed by atoms with E-state index in [2.05, 4.69) is 143 Å². The van der Waals surface area contributed by atoms with Crippen LogP contribution in [0.15, 0.2) is 188 Å². The summed E-state index contributed by atoms with van der Waals surface area (Å²) >= 11 is 0. The molecule has 10 rings (SSSR count). The maximum absolute atomic E-state index is 11.1. The first-order valence-electron chi connectivity index (χ1n) is 17.7. The zero-order valence-corrected chi connectivity index (χ0v) is 28.6. The number of benzene rings is 7. The standard InChI is InChI=1S/C48H32N4O/c53-45-26-13-11-22-39(45)48-50-46-37(23-14-25-44(46)52(48)36-19-8-3-9-20-36)34-29-40-38-21-10-12-24-43(38)51(35-17-6-2-7-18-35)47(40)41(30-34)42-31-33(27-28-49-42)32-15-4-1-5-16-32/h1-31,53H. The third kappa shape index (κ3) is 5.09. The number of nitrogens with zero attached hydrogens (tertiary/aromatic N) is 4. The molecule has 10 aromatic rings. The molecule has 0 spiro atoms. The van der Waals surface area contributed by atoms with Crippen LogP contribution in [-0.4, -0.2) is 24.2 Å². The molecule has 0 amide bonds. The minimum Gasteiger partial charge on any atom is -0.507 e. The van der Waals surface area contributed by atoms with E-state index in [9.17, 15) is 5.11 Å². The first-order valence-corrected chi connectivity index (χ1v) is 17.7. The lowest BCUT2D eigenvalue weighted by Gasteiger charge is -2.14. The number of imidazole rings is 1. The fourth-order valence-electron chi connectivity index (χ4n) is 7.70. The second-order valence-electron chi connectivity index (χ2n) is 13.2. The Morgan fingerprint density at radius 1 is 0.434 bits per heavy atom. The second-order valence-corrected chi connectivity index (χ2v) is 13.2. The fourth-order valence-corrected chi connectivity index (χ4v) is 7.70. The number of hydrogen-bond donors (Lipinski definition) is 1. The van der Waals surface area contributed by atoms with Crippen LogP contribution in [0.25, 0.3) is 89.1 Å². The van der Waals surface area contributed by atoms with Gasteiger partial charge in [-0.3, -0.25) is 9.55 Å². The van der Waals surface area contributed by atoms with Crippen molar-refractivity contribution < 1.29 is 5.11 Å². The monoisotopic (exact) mass is 680 g/mol. The van der Waals surface area contributed by atoms with Gasteiger partial charge in [-0.15, -0.1) is 0 Å². The van der Waals surface area contributed by atoms with Crippen LogP contribution in [0.3, 0.4) is 0 Å². The summed E-state index contributed by atoms with van der Waals surface area (Å²) in [5, 5.41) is 13.4. The number of rotatable bonds is 6. The summed E-state index contributed by atoms with van der Waals surface area (Å²) in [4.78, 5) is 10.4. The summed E-state index contributed by atoms with van der Waals surface area (Å²) in [6, 6.07) is 62.4. The van der Waals surface area contributed by atoms with Crippen LogP contribution in [0.1, 0.15) is 0 Å². The highest BCUT2D eigenvalue weighted by atomic mass is 16.3. The maximum Gasteiger partial charge on any atom is 0.149 e. The summed E-state index contributed by atoms with van der Waals surface area (Å²) in [6.45, 7) is 0. The molecule has 0 aliphatic heterocycles. The zero-order chi connectivity index (χ0) is 35.3. The summed E-state index contributed by atoms with van der Waals surface area (Å²) < 4.78 is 4.50. The third-order valence-electron chi connectivity index (χ3n) is 10.1. The molecule has 0 fully saturated rings. The highest BCUT2D eigenvalue weighted by Crippen LogP contribution is 2.43. The highest BCUT2D eigenvalue weighted by Gasteiger charge is 2.23. The number of phenolic OH excluding ortho intramolecular Hbond substituents is 1. The lowest BCUT2D eigenvalue weighted by atomic mass is 9.95. The largest absolute Gasteiger partial charge is 0.507 e. The Hall–Kier alpha value is -7.24. The minimum atomic E-state index is 0.184. The molecule has 0 bridgehead atoms. The van der Waals surface area contributed by atoms with Crippen molar-refractivity contribution in [2.45, 2.75) is 0 Å². The molecule has 0 radical (unpaired) electrons. The van der Waals surface area contributed by atoms with Crippen molar-refractivity contribution in [3.8, 4) is 62.0 Å². The van der Waals surface area contributed by atoms with Crippen molar-refractivity contribution in [3.63, 3.8) is 0 Å². The normalized spacial score (nSPS) is 11.5. The SMILES string of the molecule is Oc1ccccc1-c1nc2c(-c3cc(-c4cc(-c5ccccc5)ccn4)c4c(c3)c3ccccc3n4-c3ccccc3)cccc2n1-c1ccccc1. The summed E-state index contributed by atoms with van der Waals surface area (Å²) in [5.41, 5.74) is 12.9. The van der Waals surface area contributed by atoms with Crippen LogP contribution >= 0.6 is 0 Å². The van der Waals surface area contributed by atoms with E-state index in [1.54, 1.807) is 6.07 Å². The van der Waals surface area contributed by atoms with E-state index >= 15 is 0 Å². The number of aromatic nitrogens is 4. The fraction of sp³-hybridized carbons (Fsp3) is 0. The predicted molar refractivity (Wildman–Crippen MR) is 217 cm³/mol. The Morgan fingerprint density at radius 3 is 1.85 bits per heavy atom. The Kier molecular flexibility index (Phi) is 7.22. The van der Waals surface area contributed by atoms with Crippen LogP contribution in [0.5, 0.6) is 5.75 Å². The van der Waals surface area contributed by atoms with Gasteiger partial charge in [0.2, 0.25) is 0 Å². The van der Waals surface area contributed by atoms with E-state index in [0.717, 1.165) is 77.7 Å². The Bertz CT molecular complexity index is 2950. The minimum absolute atomic E-state index is 0.184. The molecule has 5 nitrogen and oxygen atoms in total. The van der Waals surface area contributed by atoms with Crippen LogP contribution in [-0.2, 0) is 0 Å². The van der Waals surface area contributed by atoms with Gasteiger partial charge in [0.15, 0.2) is 0 Å². The highest BCUT2D eigenvalue weighted by molar-refractivity contribution is 6.16. The van der Waals surface area contributed by atoms with Gasteiger partial charge in [0.25, 0.3) is 0 Å². The zero-order valence-electron chi connectivity index (χ0n) is 28.6. The quantitative estimate of drug-likeness (QED) is 0.190. The molecule has 5 heteroatoms. The summed E-state index contributed by atoms with van der Waals surface area (Å²) in [6.07, 6.45) is 1.91. The van der Waals surface area contributed by atoms with E-state index in [0.29, 0.717) is 11.4 Å². The molecule has 0 aliphatic carbocycles. The van der Waals surface area contributed by atoms with Gasteiger partial charge in [-0.1, -0.05) is 109 Å². The van der Waals surface area contributed by atoms with Crippen LogP contribution in [0, 0.1) is 0 Å². The van der Waals surface area contributed by atoms with E-state index in [4.69, 9.17) is 9.97 Å². The maximum atomic E-state index is 11.1. The second kappa shape index (κ2) is 12.5. The molecule has 0 aliphatic rings. The molecule has 53 heavy (non-hydrogen) atoms. The molecule has 1 N–H and O–H groups in total. The van der Waals surface area contributed by atoms with Crippen LogP contribution < -0.4 is 0 Å². The number of phenols is 1. The number of aromatic hydroxyl groups is 1. The predicted octanol–water partition coefficient (Wildman–Crippen LogP) is 11.9. The van der Waals surface area contributed by atoms with Gasteiger partial charge in [0.1, 0.15) is 11.6 Å². The molecular weight excluding hydrogens is 649 g/mol. The third-order valence-corrected chi connectivity index (χ3v) is 10.1. The molecule has 250 valence electrons. The Balaban J connectivity index is 1.30. The number of pyridine rings is 1. The average molecular weight is 681 g/mol. The van der Waals surface area contributed by atoms with Crippen molar-refractivity contribution >= 4 is 32.8 Å². The molecule has 0 saturated heterocycles. The topological polar surface area (TPSA) is 55.9 Å². The first kappa shape index (κ1) is 30.6. The Morgan fingerprint density at radius 2 is 1.08 bits per heavy atom. The molecular formula is C48H32N4O. The van der Waals surface area contributed by atoms with E-state index in [1.165, 1.54) is 0 Å². The van der Waals surface area contributed by atoms with Crippen molar-refractivity contribution in [1.82, 2.24) is 19.1 Å². The van der Waals surface area contributed by atoms with Gasteiger partial charge in [-0.05, 0) is 89.5 Å². The van der Waals surface area contributed by atoms with Gasteiger partial charge in [-0.25, -0.2) is 4.98 Å². The van der Waals surface area contributed by atoms with Crippen molar-refractivity contribution in [1.29, 1.82) is 0 Å². The summed E-state index contributed by atoms with van der Waals surface area (Å²) in [7, 11) is 0. The van der Waals surface area contributed by atoms with Gasteiger partial charge >= 0.3 is 0 Å². The van der Waals surface area contributed by atoms with E-state index in [1.807, 2.05) is 48.7 Å². The number of para-hydroxylation sites is 5. The molecule has 0 atom stereocenters. The van der Waals surface area contributed by atoms with E-state index < -0.39 is 0 Å². The molecule has 7 aromatic carbocycles. The molecule has 0 saturated carbocycles. The average Bonchev–Trinajstić information content (AvgIpc) is 3.78. The number of hydrogen-bond acceptors (Lipinski definition) is 3. The Labute approximate surface area is 306 Å². The molecule has 0 unspecified atom stereocenters. The van der Waals surface area contributed by atoms with Gasteiger partial charge < -0.3 is 9.67 Å². The van der Waals surface area contributed by atoms with Crippen molar-refractivity contribution in [3.05, 3.63) is 188 Å². The lowest BCUT2D eigenvalue weighted by molar-refractivity contribution is 0.477. The first-order chi connectivity index (χ1) is 26.2.